The molecule has 1 saturated carbocycles. The summed E-state index contributed by atoms with van der Waals surface area (Å²) in [5.41, 5.74) is 0.795. The van der Waals surface area contributed by atoms with Crippen LogP contribution in [0.4, 0.5) is 0 Å². The molecule has 0 bridgehead atoms. The standard InChI is InChI=1S/C18H23ClN4O/c19-16-8-4-3-7-15(16)18-21-20-17(24-18)13-22-9-11-23(12-10-22)14-5-1-2-6-14/h3-4,7-8,14H,1-2,5-6,9-13H2. The molecule has 1 aromatic heterocycles. The maximum absolute atomic E-state index is 6.19. The third kappa shape index (κ3) is 3.48. The van der Waals surface area contributed by atoms with Crippen molar-refractivity contribution in [2.24, 2.45) is 0 Å². The zero-order valence-electron chi connectivity index (χ0n) is 13.8. The number of nitrogens with zero attached hydrogens (tertiary/aromatic N) is 4. The highest BCUT2D eigenvalue weighted by atomic mass is 35.5. The van der Waals surface area contributed by atoms with Gasteiger partial charge in [-0.1, -0.05) is 36.6 Å². The Kier molecular flexibility index (Phi) is 4.83. The number of hydrogen-bond donors (Lipinski definition) is 0. The van der Waals surface area contributed by atoms with Crippen molar-refractivity contribution in [3.05, 3.63) is 35.2 Å². The maximum atomic E-state index is 6.19. The van der Waals surface area contributed by atoms with Gasteiger partial charge >= 0.3 is 0 Å². The van der Waals surface area contributed by atoms with Crippen LogP contribution in [0.2, 0.25) is 5.02 Å². The molecule has 0 N–H and O–H groups in total. The van der Waals surface area contributed by atoms with E-state index in [0.29, 0.717) is 16.8 Å². The Labute approximate surface area is 147 Å². The topological polar surface area (TPSA) is 45.4 Å². The zero-order chi connectivity index (χ0) is 16.4. The molecule has 0 unspecified atom stereocenters. The molecule has 128 valence electrons. The van der Waals surface area contributed by atoms with Crippen molar-refractivity contribution in [1.29, 1.82) is 0 Å². The fourth-order valence-corrected chi connectivity index (χ4v) is 4.02. The average Bonchev–Trinajstić information content (AvgIpc) is 3.28. The second kappa shape index (κ2) is 7.21. The predicted octanol–water partition coefficient (Wildman–Crippen LogP) is 3.45. The Bertz CT molecular complexity index is 675. The van der Waals surface area contributed by atoms with Crippen LogP contribution in [0.15, 0.2) is 28.7 Å². The molecule has 1 saturated heterocycles. The lowest BCUT2D eigenvalue weighted by Crippen LogP contribution is -2.49. The van der Waals surface area contributed by atoms with Gasteiger partial charge in [0.2, 0.25) is 11.8 Å². The number of hydrogen-bond acceptors (Lipinski definition) is 5. The third-order valence-corrected chi connectivity index (χ3v) is 5.51. The summed E-state index contributed by atoms with van der Waals surface area (Å²) < 4.78 is 5.82. The van der Waals surface area contributed by atoms with E-state index in [1.54, 1.807) is 0 Å². The van der Waals surface area contributed by atoms with Crippen molar-refractivity contribution < 1.29 is 4.42 Å². The van der Waals surface area contributed by atoms with Crippen LogP contribution in [0.25, 0.3) is 11.5 Å². The molecule has 2 aromatic rings. The first-order valence-electron chi connectivity index (χ1n) is 8.83. The van der Waals surface area contributed by atoms with Crippen LogP contribution in [0.1, 0.15) is 31.6 Å². The summed E-state index contributed by atoms with van der Waals surface area (Å²) in [5.74, 6) is 1.17. The van der Waals surface area contributed by atoms with Crippen LogP contribution in [0, 0.1) is 0 Å². The quantitative estimate of drug-likeness (QED) is 0.848. The summed E-state index contributed by atoms with van der Waals surface area (Å²) in [5, 5.41) is 8.98. The fraction of sp³-hybridized carbons (Fsp3) is 0.556. The van der Waals surface area contributed by atoms with E-state index in [0.717, 1.165) is 44.3 Å². The highest BCUT2D eigenvalue weighted by molar-refractivity contribution is 6.33. The van der Waals surface area contributed by atoms with Crippen molar-refractivity contribution in [2.45, 2.75) is 38.3 Å². The van der Waals surface area contributed by atoms with E-state index >= 15 is 0 Å². The van der Waals surface area contributed by atoms with Gasteiger partial charge in [-0.3, -0.25) is 9.80 Å². The van der Waals surface area contributed by atoms with Crippen LogP contribution in [0.5, 0.6) is 0 Å². The molecule has 5 nitrogen and oxygen atoms in total. The summed E-state index contributed by atoms with van der Waals surface area (Å²) in [6.45, 7) is 5.16. The lowest BCUT2D eigenvalue weighted by molar-refractivity contribution is 0.0884. The van der Waals surface area contributed by atoms with E-state index in [2.05, 4.69) is 20.0 Å². The molecule has 0 spiro atoms. The van der Waals surface area contributed by atoms with Crippen molar-refractivity contribution in [3.63, 3.8) is 0 Å². The molecule has 6 heteroatoms. The Balaban J connectivity index is 1.34. The Morgan fingerprint density at radius 3 is 2.54 bits per heavy atom. The molecule has 4 rings (SSSR count). The molecule has 1 aliphatic carbocycles. The highest BCUT2D eigenvalue weighted by Crippen LogP contribution is 2.27. The molecule has 1 aromatic carbocycles. The molecule has 24 heavy (non-hydrogen) atoms. The van der Waals surface area contributed by atoms with Crippen molar-refractivity contribution >= 4 is 11.6 Å². The summed E-state index contributed by atoms with van der Waals surface area (Å²) in [6.07, 6.45) is 5.56. The van der Waals surface area contributed by atoms with E-state index < -0.39 is 0 Å². The van der Waals surface area contributed by atoms with Crippen molar-refractivity contribution in [2.75, 3.05) is 26.2 Å². The molecule has 1 aliphatic heterocycles. The van der Waals surface area contributed by atoms with Gasteiger partial charge in [0.15, 0.2) is 0 Å². The van der Waals surface area contributed by atoms with Crippen LogP contribution >= 0.6 is 11.6 Å². The normalized spacial score (nSPS) is 20.7. The smallest absolute Gasteiger partial charge is 0.249 e. The SMILES string of the molecule is Clc1ccccc1-c1nnc(CN2CCN(C3CCCC3)CC2)o1. The molecule has 0 amide bonds. The predicted molar refractivity (Wildman–Crippen MR) is 93.9 cm³/mol. The third-order valence-electron chi connectivity index (χ3n) is 5.18. The Morgan fingerprint density at radius 1 is 1.04 bits per heavy atom. The summed E-state index contributed by atoms with van der Waals surface area (Å²) >= 11 is 6.19. The second-order valence-electron chi connectivity index (χ2n) is 6.73. The van der Waals surface area contributed by atoms with E-state index in [9.17, 15) is 0 Å². The number of piperazine rings is 1. The van der Waals surface area contributed by atoms with Crippen molar-refractivity contribution in [3.8, 4) is 11.5 Å². The van der Waals surface area contributed by atoms with Crippen LogP contribution in [-0.4, -0.2) is 52.2 Å². The zero-order valence-corrected chi connectivity index (χ0v) is 14.6. The maximum Gasteiger partial charge on any atom is 0.249 e. The number of rotatable bonds is 4. The van der Waals surface area contributed by atoms with Crippen LogP contribution < -0.4 is 0 Å². The molecule has 0 radical (unpaired) electrons. The number of benzene rings is 1. The van der Waals surface area contributed by atoms with Crippen molar-refractivity contribution in [1.82, 2.24) is 20.0 Å². The van der Waals surface area contributed by atoms with Gasteiger partial charge in [-0.05, 0) is 25.0 Å². The van der Waals surface area contributed by atoms with Gasteiger partial charge in [0.25, 0.3) is 0 Å². The molecular weight excluding hydrogens is 324 g/mol. The van der Waals surface area contributed by atoms with E-state index in [-0.39, 0.29) is 0 Å². The summed E-state index contributed by atoms with van der Waals surface area (Å²) in [7, 11) is 0. The first kappa shape index (κ1) is 16.1. The van der Waals surface area contributed by atoms with E-state index in [4.69, 9.17) is 16.0 Å². The molecule has 2 fully saturated rings. The van der Waals surface area contributed by atoms with Gasteiger partial charge in [0.05, 0.1) is 17.1 Å². The molecular formula is C18H23ClN4O. The Morgan fingerprint density at radius 2 is 1.79 bits per heavy atom. The summed E-state index contributed by atoms with van der Waals surface area (Å²) in [6, 6.07) is 8.38. The number of aromatic nitrogens is 2. The fourth-order valence-electron chi connectivity index (χ4n) is 3.81. The average molecular weight is 347 g/mol. The first-order valence-corrected chi connectivity index (χ1v) is 9.21. The first-order chi connectivity index (χ1) is 11.8. The van der Waals surface area contributed by atoms with Gasteiger partial charge in [-0.2, -0.15) is 0 Å². The number of halogens is 1. The second-order valence-corrected chi connectivity index (χ2v) is 7.14. The van der Waals surface area contributed by atoms with E-state index in [1.165, 1.54) is 25.7 Å². The lowest BCUT2D eigenvalue weighted by Gasteiger charge is -2.37. The van der Waals surface area contributed by atoms with Gasteiger partial charge in [0, 0.05) is 32.2 Å². The van der Waals surface area contributed by atoms with Gasteiger partial charge in [-0.15, -0.1) is 10.2 Å². The Hall–Kier alpha value is -1.43. The minimum absolute atomic E-state index is 0.500. The lowest BCUT2D eigenvalue weighted by atomic mass is 10.2. The molecule has 0 atom stereocenters. The van der Waals surface area contributed by atoms with Gasteiger partial charge in [-0.25, -0.2) is 0 Å². The molecule has 2 heterocycles. The highest BCUT2D eigenvalue weighted by Gasteiger charge is 2.26. The van der Waals surface area contributed by atoms with Crippen LogP contribution in [-0.2, 0) is 6.54 Å². The molecule has 2 aliphatic rings. The summed E-state index contributed by atoms with van der Waals surface area (Å²) in [4.78, 5) is 5.06. The van der Waals surface area contributed by atoms with Crippen LogP contribution in [0.3, 0.4) is 0 Å². The minimum Gasteiger partial charge on any atom is -0.419 e. The largest absolute Gasteiger partial charge is 0.419 e. The van der Waals surface area contributed by atoms with E-state index in [1.807, 2.05) is 24.3 Å². The van der Waals surface area contributed by atoms with Gasteiger partial charge in [0.1, 0.15) is 0 Å². The minimum atomic E-state index is 0.500. The monoisotopic (exact) mass is 346 g/mol. The van der Waals surface area contributed by atoms with Gasteiger partial charge < -0.3 is 4.42 Å².